The second-order valence-corrected chi connectivity index (χ2v) is 10.4. The van der Waals surface area contributed by atoms with E-state index >= 15 is 0 Å². The number of aryl methyl sites for hydroxylation is 1. The molecule has 1 aliphatic carbocycles. The van der Waals surface area contributed by atoms with Crippen molar-refractivity contribution in [1.29, 1.82) is 0 Å². The molecule has 0 radical (unpaired) electrons. The van der Waals surface area contributed by atoms with Crippen molar-refractivity contribution in [2.45, 2.75) is 64.1 Å². The number of hydrogen-bond donors (Lipinski definition) is 0. The number of benzene rings is 3. The summed E-state index contributed by atoms with van der Waals surface area (Å²) >= 11 is 0. The SMILES string of the molecule is C=Cc1ccc(C(=O)N(C(=O)C(c2ccc(C)cc2)N2CCc3ccccc3C2)C2CCCCC2)cc1. The lowest BCUT2D eigenvalue weighted by Gasteiger charge is -2.40. The summed E-state index contributed by atoms with van der Waals surface area (Å²) in [7, 11) is 0. The van der Waals surface area contributed by atoms with Gasteiger partial charge in [-0.05, 0) is 60.6 Å². The molecule has 1 fully saturated rings. The molecule has 3 aromatic rings. The zero-order chi connectivity index (χ0) is 25.8. The molecule has 190 valence electrons. The van der Waals surface area contributed by atoms with Gasteiger partial charge in [0.15, 0.2) is 0 Å². The van der Waals surface area contributed by atoms with Crippen molar-refractivity contribution in [2.75, 3.05) is 6.54 Å². The van der Waals surface area contributed by atoms with E-state index in [-0.39, 0.29) is 17.9 Å². The van der Waals surface area contributed by atoms with Crippen LogP contribution in [0.5, 0.6) is 0 Å². The molecule has 1 unspecified atom stereocenters. The molecular formula is C33H36N2O2. The molecule has 1 heterocycles. The molecule has 0 saturated heterocycles. The molecule has 1 saturated carbocycles. The summed E-state index contributed by atoms with van der Waals surface area (Å²) in [5, 5.41) is 0. The van der Waals surface area contributed by atoms with Gasteiger partial charge in [0.25, 0.3) is 11.8 Å². The van der Waals surface area contributed by atoms with Gasteiger partial charge in [0.2, 0.25) is 0 Å². The molecule has 4 heteroatoms. The van der Waals surface area contributed by atoms with Crippen molar-refractivity contribution < 1.29 is 9.59 Å². The molecular weight excluding hydrogens is 456 g/mol. The van der Waals surface area contributed by atoms with E-state index in [0.717, 1.165) is 61.8 Å². The number of fused-ring (bicyclic) bond motifs is 1. The summed E-state index contributed by atoms with van der Waals surface area (Å²) in [5.41, 5.74) is 6.21. The summed E-state index contributed by atoms with van der Waals surface area (Å²) in [6, 6.07) is 23.6. The summed E-state index contributed by atoms with van der Waals surface area (Å²) in [6.07, 6.45) is 7.64. The Morgan fingerprint density at radius 3 is 2.27 bits per heavy atom. The third-order valence-corrected chi connectivity index (χ3v) is 7.94. The maximum atomic E-state index is 14.6. The van der Waals surface area contributed by atoms with Crippen molar-refractivity contribution in [3.63, 3.8) is 0 Å². The molecule has 1 atom stereocenters. The van der Waals surface area contributed by atoms with Gasteiger partial charge >= 0.3 is 0 Å². The fourth-order valence-electron chi connectivity index (χ4n) is 5.81. The monoisotopic (exact) mass is 492 g/mol. The Kier molecular flexibility index (Phi) is 7.66. The first-order chi connectivity index (χ1) is 18.0. The van der Waals surface area contributed by atoms with Gasteiger partial charge in [0.1, 0.15) is 6.04 Å². The number of nitrogens with zero attached hydrogens (tertiary/aromatic N) is 2. The maximum absolute atomic E-state index is 14.6. The Balaban J connectivity index is 1.54. The van der Waals surface area contributed by atoms with E-state index in [1.54, 1.807) is 11.0 Å². The van der Waals surface area contributed by atoms with Gasteiger partial charge in [0.05, 0.1) is 0 Å². The molecule has 1 aliphatic heterocycles. The van der Waals surface area contributed by atoms with Crippen LogP contribution < -0.4 is 0 Å². The van der Waals surface area contributed by atoms with Crippen LogP contribution in [0.15, 0.2) is 79.4 Å². The van der Waals surface area contributed by atoms with Gasteiger partial charge in [-0.2, -0.15) is 0 Å². The van der Waals surface area contributed by atoms with E-state index < -0.39 is 6.04 Å². The number of hydrogen-bond acceptors (Lipinski definition) is 3. The Morgan fingerprint density at radius 2 is 1.59 bits per heavy atom. The van der Waals surface area contributed by atoms with Crippen molar-refractivity contribution in [3.05, 3.63) is 113 Å². The van der Waals surface area contributed by atoms with Crippen molar-refractivity contribution in [1.82, 2.24) is 9.80 Å². The minimum Gasteiger partial charge on any atom is -0.284 e. The predicted molar refractivity (Wildman–Crippen MR) is 149 cm³/mol. The van der Waals surface area contributed by atoms with E-state index in [2.05, 4.69) is 66.9 Å². The smallest absolute Gasteiger partial charge is 0.260 e. The first-order valence-electron chi connectivity index (χ1n) is 13.5. The predicted octanol–water partition coefficient (Wildman–Crippen LogP) is 6.74. The molecule has 0 bridgehead atoms. The van der Waals surface area contributed by atoms with Gasteiger partial charge in [-0.1, -0.05) is 98.1 Å². The van der Waals surface area contributed by atoms with Crippen LogP contribution in [0.2, 0.25) is 0 Å². The lowest BCUT2D eigenvalue weighted by Crippen LogP contribution is -2.51. The van der Waals surface area contributed by atoms with E-state index in [9.17, 15) is 9.59 Å². The van der Waals surface area contributed by atoms with Gasteiger partial charge in [-0.25, -0.2) is 0 Å². The van der Waals surface area contributed by atoms with Crippen LogP contribution in [-0.4, -0.2) is 34.2 Å². The van der Waals surface area contributed by atoms with Crippen LogP contribution in [0.1, 0.15) is 76.3 Å². The summed E-state index contributed by atoms with van der Waals surface area (Å²) in [5.74, 6) is -0.296. The highest BCUT2D eigenvalue weighted by molar-refractivity contribution is 6.06. The number of imide groups is 1. The third-order valence-electron chi connectivity index (χ3n) is 7.94. The van der Waals surface area contributed by atoms with Gasteiger partial charge < -0.3 is 0 Å². The molecule has 37 heavy (non-hydrogen) atoms. The van der Waals surface area contributed by atoms with Crippen molar-refractivity contribution >= 4 is 17.9 Å². The van der Waals surface area contributed by atoms with Gasteiger partial charge in [-0.3, -0.25) is 19.4 Å². The molecule has 0 aromatic heterocycles. The number of amides is 2. The maximum Gasteiger partial charge on any atom is 0.260 e. The molecule has 0 spiro atoms. The quantitative estimate of drug-likeness (QED) is 0.383. The molecule has 3 aromatic carbocycles. The van der Waals surface area contributed by atoms with Crippen LogP contribution in [0.25, 0.3) is 6.08 Å². The second kappa shape index (κ2) is 11.3. The fourth-order valence-corrected chi connectivity index (χ4v) is 5.81. The summed E-state index contributed by atoms with van der Waals surface area (Å²) < 4.78 is 0. The average molecular weight is 493 g/mol. The lowest BCUT2D eigenvalue weighted by molar-refractivity contribution is -0.137. The van der Waals surface area contributed by atoms with Crippen LogP contribution in [0.3, 0.4) is 0 Å². The van der Waals surface area contributed by atoms with Crippen LogP contribution in [0.4, 0.5) is 0 Å². The Labute approximate surface area is 220 Å². The Morgan fingerprint density at radius 1 is 0.919 bits per heavy atom. The number of carbonyl (C=O) groups is 2. The van der Waals surface area contributed by atoms with E-state index in [1.165, 1.54) is 11.1 Å². The standard InChI is InChI=1S/C33H36N2O2/c1-3-25-15-19-28(20-16-25)32(36)35(30-11-5-4-6-12-30)33(37)31(27-17-13-24(2)14-18-27)34-22-21-26-9-7-8-10-29(26)23-34/h3,7-10,13-20,30-31H,1,4-6,11-12,21-23H2,2H3. The van der Waals surface area contributed by atoms with Crippen LogP contribution >= 0.6 is 0 Å². The normalized spacial score (nSPS) is 17.0. The van der Waals surface area contributed by atoms with Gasteiger partial charge in [0, 0.05) is 24.7 Å². The fraction of sp³-hybridized carbons (Fsp3) is 0.333. The minimum absolute atomic E-state index is 0.0714. The minimum atomic E-state index is -0.507. The summed E-state index contributed by atoms with van der Waals surface area (Å²) in [4.78, 5) is 32.5. The molecule has 2 aliphatic rings. The van der Waals surface area contributed by atoms with E-state index in [0.29, 0.717) is 12.1 Å². The number of rotatable bonds is 6. The van der Waals surface area contributed by atoms with Crippen LogP contribution in [-0.2, 0) is 17.8 Å². The zero-order valence-corrected chi connectivity index (χ0v) is 21.7. The molecule has 2 amide bonds. The first kappa shape index (κ1) is 25.2. The number of carbonyl (C=O) groups excluding carboxylic acids is 2. The zero-order valence-electron chi connectivity index (χ0n) is 21.7. The summed E-state index contributed by atoms with van der Waals surface area (Å²) in [6.45, 7) is 7.35. The van der Waals surface area contributed by atoms with Crippen molar-refractivity contribution in [3.8, 4) is 0 Å². The largest absolute Gasteiger partial charge is 0.284 e. The van der Waals surface area contributed by atoms with Crippen LogP contribution in [0, 0.1) is 6.92 Å². The second-order valence-electron chi connectivity index (χ2n) is 10.4. The third kappa shape index (κ3) is 5.45. The molecule has 4 nitrogen and oxygen atoms in total. The molecule has 0 N–H and O–H groups in total. The van der Waals surface area contributed by atoms with E-state index in [1.807, 2.05) is 24.3 Å². The lowest BCUT2D eigenvalue weighted by atomic mass is 9.91. The Hall–Kier alpha value is -3.50. The van der Waals surface area contributed by atoms with Crippen molar-refractivity contribution in [2.24, 2.45) is 0 Å². The van der Waals surface area contributed by atoms with Gasteiger partial charge in [-0.15, -0.1) is 0 Å². The van der Waals surface area contributed by atoms with E-state index in [4.69, 9.17) is 0 Å². The average Bonchev–Trinajstić information content (AvgIpc) is 2.95. The highest BCUT2D eigenvalue weighted by atomic mass is 16.2. The molecule has 5 rings (SSSR count). The highest BCUT2D eigenvalue weighted by Gasteiger charge is 2.39. The topological polar surface area (TPSA) is 40.6 Å². The highest BCUT2D eigenvalue weighted by Crippen LogP contribution is 2.33. The first-order valence-corrected chi connectivity index (χ1v) is 13.5. The Bertz CT molecular complexity index is 1260.